The van der Waals surface area contributed by atoms with E-state index in [1.807, 2.05) is 18.2 Å². The molecule has 0 radical (unpaired) electrons. The van der Waals surface area contributed by atoms with Crippen molar-refractivity contribution >= 4 is 22.8 Å². The third-order valence-electron chi connectivity index (χ3n) is 3.46. The van der Waals surface area contributed by atoms with E-state index in [1.54, 1.807) is 23.9 Å². The summed E-state index contributed by atoms with van der Waals surface area (Å²) in [6.07, 6.45) is 1.75. The first-order chi connectivity index (χ1) is 11.7. The van der Waals surface area contributed by atoms with E-state index in [9.17, 15) is 4.39 Å². The molecule has 0 aliphatic heterocycles. The van der Waals surface area contributed by atoms with E-state index in [0.717, 1.165) is 5.69 Å². The Balaban J connectivity index is 1.81. The van der Waals surface area contributed by atoms with Crippen LogP contribution < -0.4 is 0 Å². The number of pyridine rings is 1. The van der Waals surface area contributed by atoms with Crippen LogP contribution in [0.1, 0.15) is 5.69 Å². The highest BCUT2D eigenvalue weighted by atomic mass is 32.2. The van der Waals surface area contributed by atoms with Crippen molar-refractivity contribution in [3.63, 3.8) is 0 Å². The van der Waals surface area contributed by atoms with Gasteiger partial charge in [0.25, 0.3) is 5.95 Å². The zero-order chi connectivity index (χ0) is 16.5. The molecule has 7 nitrogen and oxygen atoms in total. The van der Waals surface area contributed by atoms with Crippen LogP contribution in [0.5, 0.6) is 0 Å². The van der Waals surface area contributed by atoms with E-state index in [-0.39, 0.29) is 5.82 Å². The largest absolute Gasteiger partial charge is 0.260 e. The molecule has 0 unspecified atom stereocenters. The highest BCUT2D eigenvalue weighted by molar-refractivity contribution is 7.98. The molecule has 24 heavy (non-hydrogen) atoms. The Morgan fingerprint density at radius 3 is 2.88 bits per heavy atom. The molecule has 0 amide bonds. The van der Waals surface area contributed by atoms with Gasteiger partial charge >= 0.3 is 0 Å². The molecule has 3 aromatic heterocycles. The summed E-state index contributed by atoms with van der Waals surface area (Å²) < 4.78 is 17.0. The summed E-state index contributed by atoms with van der Waals surface area (Å²) in [5.41, 5.74) is 2.24. The number of rotatable bonds is 4. The van der Waals surface area contributed by atoms with Crippen molar-refractivity contribution in [3.8, 4) is 5.95 Å². The second-order valence-electron chi connectivity index (χ2n) is 5.08. The standard InChI is InChI=1S/C15H12FN7S/c1-22-14(19-20-21-22)23-13-8-10(16)5-6-12(13)18-15(23)24-9-11-4-2-3-7-17-11/h2-8H,9H2,1H3. The van der Waals surface area contributed by atoms with Crippen LogP contribution in [0.4, 0.5) is 4.39 Å². The van der Waals surface area contributed by atoms with Crippen LogP contribution in [0.3, 0.4) is 0 Å². The minimum atomic E-state index is -0.333. The van der Waals surface area contributed by atoms with Crippen LogP contribution in [0.15, 0.2) is 47.8 Å². The summed E-state index contributed by atoms with van der Waals surface area (Å²) in [4.78, 5) is 8.90. The maximum Gasteiger partial charge on any atom is 0.256 e. The average Bonchev–Trinajstić information content (AvgIpc) is 3.16. The number of halogens is 1. The number of nitrogens with zero attached hydrogens (tertiary/aromatic N) is 7. The Hall–Kier alpha value is -2.81. The summed E-state index contributed by atoms with van der Waals surface area (Å²) in [6, 6.07) is 10.2. The van der Waals surface area contributed by atoms with Gasteiger partial charge in [0.05, 0.1) is 16.7 Å². The third kappa shape index (κ3) is 2.62. The van der Waals surface area contributed by atoms with Crippen molar-refractivity contribution < 1.29 is 4.39 Å². The van der Waals surface area contributed by atoms with Gasteiger partial charge in [-0.05, 0) is 34.7 Å². The molecule has 1 aromatic carbocycles. The van der Waals surface area contributed by atoms with Gasteiger partial charge in [0, 0.05) is 25.1 Å². The molecule has 0 saturated carbocycles. The van der Waals surface area contributed by atoms with Crippen molar-refractivity contribution in [2.45, 2.75) is 10.9 Å². The van der Waals surface area contributed by atoms with Crippen LogP contribution in [-0.4, -0.2) is 34.7 Å². The van der Waals surface area contributed by atoms with Crippen LogP contribution in [0.2, 0.25) is 0 Å². The van der Waals surface area contributed by atoms with Gasteiger partial charge in [0.1, 0.15) is 5.82 Å². The van der Waals surface area contributed by atoms with Gasteiger partial charge in [-0.2, -0.15) is 0 Å². The van der Waals surface area contributed by atoms with Gasteiger partial charge in [0.15, 0.2) is 5.16 Å². The van der Waals surface area contributed by atoms with Crippen molar-refractivity contribution in [1.82, 2.24) is 34.7 Å². The summed E-state index contributed by atoms with van der Waals surface area (Å²) in [5, 5.41) is 12.2. The molecule has 4 aromatic rings. The average molecular weight is 341 g/mol. The summed E-state index contributed by atoms with van der Waals surface area (Å²) in [5.74, 6) is 0.782. The minimum Gasteiger partial charge on any atom is -0.260 e. The number of fused-ring (bicyclic) bond motifs is 1. The molecule has 0 spiro atoms. The topological polar surface area (TPSA) is 74.3 Å². The number of tetrazole rings is 1. The first-order valence-corrected chi connectivity index (χ1v) is 8.14. The molecule has 0 bridgehead atoms. The number of hydrogen-bond acceptors (Lipinski definition) is 6. The number of aromatic nitrogens is 7. The van der Waals surface area contributed by atoms with Gasteiger partial charge < -0.3 is 0 Å². The molecule has 4 rings (SSSR count). The van der Waals surface area contributed by atoms with Crippen molar-refractivity contribution in [1.29, 1.82) is 0 Å². The summed E-state index contributed by atoms with van der Waals surface area (Å²) >= 11 is 1.50. The molecule has 0 atom stereocenters. The minimum absolute atomic E-state index is 0.333. The van der Waals surface area contributed by atoms with Gasteiger partial charge in [-0.3, -0.25) is 9.55 Å². The Labute approximate surface area is 140 Å². The van der Waals surface area contributed by atoms with Gasteiger partial charge in [-0.1, -0.05) is 22.9 Å². The van der Waals surface area contributed by atoms with E-state index in [1.165, 1.54) is 28.6 Å². The maximum atomic E-state index is 13.7. The van der Waals surface area contributed by atoms with Crippen molar-refractivity contribution in [2.24, 2.45) is 7.05 Å². The molecule has 9 heteroatoms. The zero-order valence-corrected chi connectivity index (χ0v) is 13.5. The Bertz CT molecular complexity index is 996. The Kier molecular flexibility index (Phi) is 3.69. The maximum absolute atomic E-state index is 13.7. The third-order valence-corrected chi connectivity index (χ3v) is 4.43. The Morgan fingerprint density at radius 1 is 1.21 bits per heavy atom. The van der Waals surface area contributed by atoms with Crippen LogP contribution in [0.25, 0.3) is 17.0 Å². The van der Waals surface area contributed by atoms with E-state index in [2.05, 4.69) is 25.5 Å². The quantitative estimate of drug-likeness (QED) is 0.531. The number of thioether (sulfide) groups is 1. The second kappa shape index (κ2) is 6.00. The lowest BCUT2D eigenvalue weighted by atomic mass is 10.3. The van der Waals surface area contributed by atoms with E-state index < -0.39 is 0 Å². The second-order valence-corrected chi connectivity index (χ2v) is 6.02. The van der Waals surface area contributed by atoms with E-state index in [4.69, 9.17) is 0 Å². The highest BCUT2D eigenvalue weighted by Gasteiger charge is 2.18. The van der Waals surface area contributed by atoms with E-state index in [0.29, 0.717) is 27.9 Å². The first-order valence-electron chi connectivity index (χ1n) is 7.16. The van der Waals surface area contributed by atoms with Crippen LogP contribution >= 0.6 is 11.8 Å². The van der Waals surface area contributed by atoms with Gasteiger partial charge in [0.2, 0.25) is 0 Å². The molecule has 0 fully saturated rings. The highest BCUT2D eigenvalue weighted by Crippen LogP contribution is 2.29. The van der Waals surface area contributed by atoms with Crippen molar-refractivity contribution in [3.05, 3.63) is 54.1 Å². The predicted octanol–water partition coefficient (Wildman–Crippen LogP) is 2.38. The number of imidazole rings is 1. The van der Waals surface area contributed by atoms with Gasteiger partial charge in [-0.25, -0.2) is 14.1 Å². The first kappa shape index (κ1) is 14.8. The number of benzene rings is 1. The fraction of sp³-hybridized carbons (Fsp3) is 0.133. The molecule has 0 N–H and O–H groups in total. The predicted molar refractivity (Wildman–Crippen MR) is 87.2 cm³/mol. The van der Waals surface area contributed by atoms with Crippen LogP contribution in [-0.2, 0) is 12.8 Å². The molecule has 0 aliphatic rings. The summed E-state index contributed by atoms with van der Waals surface area (Å²) in [6.45, 7) is 0. The fourth-order valence-electron chi connectivity index (χ4n) is 2.35. The zero-order valence-electron chi connectivity index (χ0n) is 12.7. The molecule has 120 valence electrons. The van der Waals surface area contributed by atoms with Crippen LogP contribution in [0, 0.1) is 5.82 Å². The van der Waals surface area contributed by atoms with E-state index >= 15 is 0 Å². The lowest BCUT2D eigenvalue weighted by Crippen LogP contribution is -2.06. The molecular weight excluding hydrogens is 329 g/mol. The number of aryl methyl sites for hydroxylation is 1. The lowest BCUT2D eigenvalue weighted by Gasteiger charge is -2.06. The smallest absolute Gasteiger partial charge is 0.256 e. The number of hydrogen-bond donors (Lipinski definition) is 0. The SMILES string of the molecule is Cn1nnnc1-n1c(SCc2ccccn2)nc2ccc(F)cc21. The summed E-state index contributed by atoms with van der Waals surface area (Å²) in [7, 11) is 1.73. The molecule has 0 saturated heterocycles. The molecular formula is C15H12FN7S. The Morgan fingerprint density at radius 2 is 2.12 bits per heavy atom. The lowest BCUT2D eigenvalue weighted by molar-refractivity contribution is 0.628. The molecule has 3 heterocycles. The fourth-order valence-corrected chi connectivity index (χ4v) is 3.27. The van der Waals surface area contributed by atoms with Gasteiger partial charge in [-0.15, -0.1) is 0 Å². The molecule has 0 aliphatic carbocycles. The monoisotopic (exact) mass is 341 g/mol. The van der Waals surface area contributed by atoms with Crippen molar-refractivity contribution in [2.75, 3.05) is 0 Å². The normalized spacial score (nSPS) is 11.2.